The van der Waals surface area contributed by atoms with Crippen molar-refractivity contribution in [2.45, 2.75) is 32.5 Å². The zero-order valence-corrected chi connectivity index (χ0v) is 19.8. The van der Waals surface area contributed by atoms with E-state index in [1.54, 1.807) is 5.20 Å². The molecule has 25 heavy (non-hydrogen) atoms. The Morgan fingerprint density at radius 1 is 0.920 bits per heavy atom. The fourth-order valence-electron chi connectivity index (χ4n) is 3.48. The predicted molar refractivity (Wildman–Crippen MR) is 97.5 cm³/mol. The van der Waals surface area contributed by atoms with Crippen molar-refractivity contribution >= 4 is 13.6 Å². The summed E-state index contributed by atoms with van der Waals surface area (Å²) in [6.07, 6.45) is 6.95. The van der Waals surface area contributed by atoms with Crippen LogP contribution in [0.1, 0.15) is 23.1 Å². The van der Waals surface area contributed by atoms with Gasteiger partial charge in [0.2, 0.25) is 0 Å². The smallest absolute Gasteiger partial charge is 1.00 e. The van der Waals surface area contributed by atoms with Gasteiger partial charge in [0, 0.05) is 0 Å². The molecule has 0 atom stereocenters. The molecule has 0 fully saturated rings. The molecule has 2 aliphatic carbocycles. The molecule has 0 aromatic heterocycles. The molecular formula is C21H21Cl2SiZr. The number of halogens is 2. The summed E-state index contributed by atoms with van der Waals surface area (Å²) in [5, 5.41) is 1.58. The molecule has 0 bridgehead atoms. The van der Waals surface area contributed by atoms with Gasteiger partial charge in [-0.05, 0) is 18.4 Å². The Kier molecular flexibility index (Phi) is 7.72. The Morgan fingerprint density at radius 2 is 1.64 bits per heavy atom. The standard InChI is InChI=1S/C21H21Si.2ClH.Zr/c1-22(2,3)19-10-8-16(14-19)15-9-11-21-18(12-15)13-17-6-4-5-7-20(17)21;;;/h4-7,9-11,14H,8,13H2,1-3H3;2*1H;/q-1;;;+3/p-2. The summed E-state index contributed by atoms with van der Waals surface area (Å²) in [5.74, 6) is 0. The molecule has 0 saturated heterocycles. The molecule has 0 saturated carbocycles. The van der Waals surface area contributed by atoms with Gasteiger partial charge in [-0.25, -0.2) is 0 Å². The topological polar surface area (TPSA) is 0 Å². The van der Waals surface area contributed by atoms with Crippen molar-refractivity contribution in [2.75, 3.05) is 0 Å². The molecule has 2 aromatic carbocycles. The number of hydrogen-bond acceptors (Lipinski definition) is 0. The Bertz CT molecular complexity index is 832. The minimum Gasteiger partial charge on any atom is -1.00 e. The van der Waals surface area contributed by atoms with Crippen molar-refractivity contribution in [2.24, 2.45) is 0 Å². The molecule has 0 spiro atoms. The van der Waals surface area contributed by atoms with Crippen LogP contribution in [0.5, 0.6) is 0 Å². The minimum absolute atomic E-state index is 0. The zero-order valence-electron chi connectivity index (χ0n) is 14.8. The van der Waals surface area contributed by atoms with E-state index in [2.05, 4.69) is 74.3 Å². The van der Waals surface area contributed by atoms with Crippen LogP contribution in [-0.4, -0.2) is 8.07 Å². The van der Waals surface area contributed by atoms with Crippen LogP contribution in [0.4, 0.5) is 0 Å². The van der Waals surface area contributed by atoms with Gasteiger partial charge in [0.1, 0.15) is 0 Å². The summed E-state index contributed by atoms with van der Waals surface area (Å²) < 4.78 is 0. The van der Waals surface area contributed by atoms with Crippen molar-refractivity contribution in [3.05, 3.63) is 76.5 Å². The fourth-order valence-corrected chi connectivity index (χ4v) is 4.80. The molecule has 4 rings (SSSR count). The molecule has 0 unspecified atom stereocenters. The molecule has 1 radical (unpaired) electrons. The molecule has 127 valence electrons. The second-order valence-electron chi connectivity index (χ2n) is 7.38. The van der Waals surface area contributed by atoms with Crippen LogP contribution in [0.2, 0.25) is 19.6 Å². The van der Waals surface area contributed by atoms with Crippen LogP contribution >= 0.6 is 0 Å². The molecule has 0 N–H and O–H groups in total. The summed E-state index contributed by atoms with van der Waals surface area (Å²) in [5.41, 5.74) is 8.29. The van der Waals surface area contributed by atoms with E-state index >= 15 is 0 Å². The maximum atomic E-state index is 3.70. The summed E-state index contributed by atoms with van der Waals surface area (Å²) in [6.45, 7) is 7.25. The second-order valence-corrected chi connectivity index (χ2v) is 12.5. The Morgan fingerprint density at radius 3 is 2.32 bits per heavy atom. The van der Waals surface area contributed by atoms with E-state index in [1.165, 1.54) is 33.4 Å². The fraction of sp³-hybridized carbons (Fsp3) is 0.238. The van der Waals surface area contributed by atoms with Gasteiger partial charge in [0.05, 0.1) is 8.07 Å². The molecule has 4 heteroatoms. The third kappa shape index (κ3) is 4.30. The molecule has 0 aliphatic heterocycles. The molecule has 0 heterocycles. The van der Waals surface area contributed by atoms with Crippen LogP contribution in [-0.2, 0) is 32.6 Å². The monoisotopic (exact) mass is 461 g/mol. The quantitative estimate of drug-likeness (QED) is 0.360. The van der Waals surface area contributed by atoms with Crippen molar-refractivity contribution < 1.29 is 51.0 Å². The van der Waals surface area contributed by atoms with E-state index in [0.29, 0.717) is 0 Å². The number of fused-ring (bicyclic) bond motifs is 3. The first-order chi connectivity index (χ1) is 10.5. The van der Waals surface area contributed by atoms with Gasteiger partial charge in [-0.15, -0.1) is 41.0 Å². The van der Waals surface area contributed by atoms with Crippen molar-refractivity contribution in [1.29, 1.82) is 0 Å². The average Bonchev–Trinajstić information content (AvgIpc) is 3.11. The van der Waals surface area contributed by atoms with E-state index in [1.807, 2.05) is 0 Å². The maximum absolute atomic E-state index is 3.70. The van der Waals surface area contributed by atoms with Crippen LogP contribution in [0.15, 0.2) is 53.7 Å². The molecule has 2 aliphatic rings. The van der Waals surface area contributed by atoms with Gasteiger partial charge in [0.25, 0.3) is 0 Å². The molecule has 2 aromatic rings. The summed E-state index contributed by atoms with van der Waals surface area (Å²) in [4.78, 5) is 0. The third-order valence-corrected chi connectivity index (χ3v) is 6.87. The number of allylic oxidation sites excluding steroid dienone is 4. The zero-order chi connectivity index (χ0) is 15.3. The van der Waals surface area contributed by atoms with Gasteiger partial charge >= 0.3 is 26.2 Å². The number of rotatable bonds is 2. The van der Waals surface area contributed by atoms with Gasteiger partial charge in [-0.1, -0.05) is 66.3 Å². The second kappa shape index (κ2) is 8.53. The maximum Gasteiger partial charge on any atom is 3.00 e. The normalized spacial score (nSPS) is 14.2. The Hall–Kier alpha value is -0.400. The minimum atomic E-state index is -1.20. The number of hydrogen-bond donors (Lipinski definition) is 0. The van der Waals surface area contributed by atoms with E-state index in [0.717, 1.165) is 12.8 Å². The summed E-state index contributed by atoms with van der Waals surface area (Å²) >= 11 is 0. The first-order valence-electron chi connectivity index (χ1n) is 8.07. The molecule has 0 amide bonds. The predicted octanol–water partition coefficient (Wildman–Crippen LogP) is -0.346. The van der Waals surface area contributed by atoms with E-state index < -0.39 is 8.07 Å². The van der Waals surface area contributed by atoms with Crippen LogP contribution in [0.3, 0.4) is 0 Å². The van der Waals surface area contributed by atoms with E-state index in [-0.39, 0.29) is 51.0 Å². The Balaban J connectivity index is 0.00000104. The summed E-state index contributed by atoms with van der Waals surface area (Å²) in [6, 6.07) is 17.0. The van der Waals surface area contributed by atoms with Crippen molar-refractivity contribution in [3.8, 4) is 11.1 Å². The van der Waals surface area contributed by atoms with E-state index in [4.69, 9.17) is 0 Å². The number of benzene rings is 2. The van der Waals surface area contributed by atoms with Crippen LogP contribution in [0, 0.1) is 6.07 Å². The van der Waals surface area contributed by atoms with Gasteiger partial charge in [-0.2, -0.15) is 0 Å². The van der Waals surface area contributed by atoms with E-state index in [9.17, 15) is 0 Å². The largest absolute Gasteiger partial charge is 3.00 e. The van der Waals surface area contributed by atoms with Crippen molar-refractivity contribution in [3.63, 3.8) is 0 Å². The van der Waals surface area contributed by atoms with Crippen LogP contribution < -0.4 is 24.8 Å². The average molecular weight is 464 g/mol. The third-order valence-electron chi connectivity index (χ3n) is 4.79. The summed E-state index contributed by atoms with van der Waals surface area (Å²) in [7, 11) is -1.20. The van der Waals surface area contributed by atoms with Gasteiger partial charge in [-0.3, -0.25) is 0 Å². The van der Waals surface area contributed by atoms with Gasteiger partial charge < -0.3 is 24.8 Å². The Labute approximate surface area is 183 Å². The van der Waals surface area contributed by atoms with Crippen LogP contribution in [0.25, 0.3) is 16.7 Å². The first kappa shape index (κ1) is 22.6. The van der Waals surface area contributed by atoms with Crippen molar-refractivity contribution in [1.82, 2.24) is 0 Å². The van der Waals surface area contributed by atoms with Gasteiger partial charge in [0.15, 0.2) is 0 Å². The molecule has 0 nitrogen and oxygen atoms in total. The SMILES string of the molecule is C[Si](C)(C)C1=CCC(c2[c-]c3c(cc2)-c2ccccc2C3)=C1.[Cl-].[Cl-].[Zr+3]. The first-order valence-corrected chi connectivity index (χ1v) is 11.6. The molecular weight excluding hydrogens is 442 g/mol.